The number of nitrogens with zero attached hydrogens (tertiary/aromatic N) is 3. The maximum atomic E-state index is 4.28. The van der Waals surface area contributed by atoms with Gasteiger partial charge in [-0.1, -0.05) is 13.8 Å². The Kier molecular flexibility index (Phi) is 2.37. The van der Waals surface area contributed by atoms with E-state index in [1.807, 2.05) is 0 Å². The first-order valence-electron chi connectivity index (χ1n) is 4.33. The van der Waals surface area contributed by atoms with Crippen molar-refractivity contribution in [2.75, 3.05) is 0 Å². The molecule has 1 aromatic heterocycles. The maximum Gasteiger partial charge on any atom is 0.178 e. The molecular formula is C8H17N3Si. The van der Waals surface area contributed by atoms with Gasteiger partial charge in [-0.05, 0) is 19.6 Å². The van der Waals surface area contributed by atoms with Crippen molar-refractivity contribution >= 4 is 8.24 Å². The third-order valence-electron chi connectivity index (χ3n) is 1.73. The number of hydrogen-bond acceptors (Lipinski definition) is 2. The van der Waals surface area contributed by atoms with Crippen molar-refractivity contribution in [3.63, 3.8) is 0 Å². The second kappa shape index (κ2) is 3.01. The average Bonchev–Trinajstić information content (AvgIpc) is 2.30. The largest absolute Gasteiger partial charge is 0.281 e. The molecule has 0 N–H and O–H groups in total. The van der Waals surface area contributed by atoms with Crippen LogP contribution in [0.2, 0.25) is 19.6 Å². The Morgan fingerprint density at radius 2 is 1.92 bits per heavy atom. The van der Waals surface area contributed by atoms with Crippen LogP contribution in [0.25, 0.3) is 0 Å². The highest BCUT2D eigenvalue weighted by molar-refractivity contribution is 6.74. The van der Waals surface area contributed by atoms with Crippen LogP contribution in [0, 0.1) is 0 Å². The molecule has 0 aliphatic carbocycles. The van der Waals surface area contributed by atoms with Gasteiger partial charge in [0.05, 0.1) is 0 Å². The van der Waals surface area contributed by atoms with Crippen LogP contribution in [-0.2, 0) is 0 Å². The molecule has 0 saturated heterocycles. The van der Waals surface area contributed by atoms with Crippen molar-refractivity contribution in [2.24, 2.45) is 0 Å². The molecular weight excluding hydrogens is 166 g/mol. The lowest BCUT2D eigenvalue weighted by molar-refractivity contribution is 0.736. The third kappa shape index (κ3) is 1.74. The van der Waals surface area contributed by atoms with Crippen LogP contribution in [0.4, 0.5) is 0 Å². The highest BCUT2D eigenvalue weighted by Gasteiger charge is 2.22. The Labute approximate surface area is 74.9 Å². The molecule has 0 atom stereocenters. The topological polar surface area (TPSA) is 30.7 Å². The Balaban J connectivity index is 3.08. The summed E-state index contributed by atoms with van der Waals surface area (Å²) in [7, 11) is -1.35. The number of aromatic nitrogens is 3. The monoisotopic (exact) mass is 183 g/mol. The quantitative estimate of drug-likeness (QED) is 0.657. The zero-order valence-electron chi connectivity index (χ0n) is 8.50. The van der Waals surface area contributed by atoms with E-state index in [2.05, 4.69) is 47.9 Å². The van der Waals surface area contributed by atoms with Crippen LogP contribution in [-0.4, -0.2) is 22.7 Å². The van der Waals surface area contributed by atoms with E-state index in [-0.39, 0.29) is 0 Å². The standard InChI is InChI=1S/C8H17N3Si/c1-7(2)8-9-6-10-11(8)12(3,4)5/h6-7H,1-5H3. The summed E-state index contributed by atoms with van der Waals surface area (Å²) in [6, 6.07) is 0. The van der Waals surface area contributed by atoms with Gasteiger partial charge < -0.3 is 0 Å². The fourth-order valence-electron chi connectivity index (χ4n) is 1.16. The van der Waals surface area contributed by atoms with E-state index in [0.29, 0.717) is 5.92 Å². The minimum absolute atomic E-state index is 0.472. The summed E-state index contributed by atoms with van der Waals surface area (Å²) in [6.45, 7) is 11.1. The zero-order valence-corrected chi connectivity index (χ0v) is 9.50. The summed E-state index contributed by atoms with van der Waals surface area (Å²) < 4.78 is 2.12. The molecule has 12 heavy (non-hydrogen) atoms. The Morgan fingerprint density at radius 3 is 2.25 bits per heavy atom. The van der Waals surface area contributed by atoms with Gasteiger partial charge in [-0.2, -0.15) is 5.10 Å². The molecule has 0 aromatic carbocycles. The Hall–Kier alpha value is -0.643. The molecule has 0 aliphatic heterocycles. The SMILES string of the molecule is CC(C)c1ncnn1[Si](C)(C)C. The van der Waals surface area contributed by atoms with E-state index in [0.717, 1.165) is 5.82 Å². The first-order chi connectivity index (χ1) is 5.43. The third-order valence-corrected chi connectivity index (χ3v) is 3.34. The van der Waals surface area contributed by atoms with Gasteiger partial charge in [-0.15, -0.1) is 0 Å². The van der Waals surface area contributed by atoms with Gasteiger partial charge in [0, 0.05) is 5.92 Å². The highest BCUT2D eigenvalue weighted by Crippen LogP contribution is 2.14. The minimum atomic E-state index is -1.35. The van der Waals surface area contributed by atoms with E-state index >= 15 is 0 Å². The lowest BCUT2D eigenvalue weighted by Crippen LogP contribution is -2.35. The molecule has 0 unspecified atom stereocenters. The van der Waals surface area contributed by atoms with Crippen LogP contribution < -0.4 is 0 Å². The first kappa shape index (κ1) is 9.44. The van der Waals surface area contributed by atoms with E-state index in [1.54, 1.807) is 6.33 Å². The van der Waals surface area contributed by atoms with Gasteiger partial charge >= 0.3 is 0 Å². The summed E-state index contributed by atoms with van der Waals surface area (Å²) in [4.78, 5) is 4.27. The van der Waals surface area contributed by atoms with E-state index in [1.165, 1.54) is 0 Å². The molecule has 0 radical (unpaired) electrons. The molecule has 1 aromatic rings. The van der Waals surface area contributed by atoms with Crippen LogP contribution in [0.1, 0.15) is 25.6 Å². The molecule has 3 nitrogen and oxygen atoms in total. The second-order valence-corrected chi connectivity index (χ2v) is 9.12. The van der Waals surface area contributed by atoms with E-state index in [9.17, 15) is 0 Å². The van der Waals surface area contributed by atoms with Gasteiger partial charge in [-0.3, -0.25) is 4.35 Å². The fraction of sp³-hybridized carbons (Fsp3) is 0.750. The molecule has 4 heteroatoms. The number of rotatable bonds is 2. The molecule has 68 valence electrons. The summed E-state index contributed by atoms with van der Waals surface area (Å²) in [5.74, 6) is 1.59. The zero-order chi connectivity index (χ0) is 9.35. The highest BCUT2D eigenvalue weighted by atomic mass is 28.3. The fourth-order valence-corrected chi connectivity index (χ4v) is 2.56. The number of hydrogen-bond donors (Lipinski definition) is 0. The van der Waals surface area contributed by atoms with Crippen LogP contribution >= 0.6 is 0 Å². The average molecular weight is 183 g/mol. The maximum absolute atomic E-state index is 4.28. The van der Waals surface area contributed by atoms with Crippen molar-refractivity contribution in [1.29, 1.82) is 0 Å². The first-order valence-corrected chi connectivity index (χ1v) is 7.78. The van der Waals surface area contributed by atoms with Gasteiger partial charge in [0.15, 0.2) is 8.24 Å². The normalized spacial score (nSPS) is 12.5. The van der Waals surface area contributed by atoms with Gasteiger partial charge in [0.2, 0.25) is 0 Å². The molecule has 0 aliphatic rings. The second-order valence-electron chi connectivity index (χ2n) is 4.36. The summed E-state index contributed by atoms with van der Waals surface area (Å²) in [5, 5.41) is 4.28. The van der Waals surface area contributed by atoms with Crippen LogP contribution in [0.3, 0.4) is 0 Å². The minimum Gasteiger partial charge on any atom is -0.281 e. The van der Waals surface area contributed by atoms with Crippen molar-refractivity contribution in [2.45, 2.75) is 39.4 Å². The van der Waals surface area contributed by atoms with Crippen molar-refractivity contribution in [3.8, 4) is 0 Å². The molecule has 0 spiro atoms. The molecule has 0 amide bonds. The smallest absolute Gasteiger partial charge is 0.178 e. The molecule has 1 rings (SSSR count). The molecule has 0 saturated carbocycles. The van der Waals surface area contributed by atoms with Crippen molar-refractivity contribution < 1.29 is 0 Å². The van der Waals surface area contributed by atoms with Gasteiger partial charge in [0.1, 0.15) is 12.2 Å². The Bertz CT molecular complexity index is 260. The van der Waals surface area contributed by atoms with Gasteiger partial charge in [0.25, 0.3) is 0 Å². The Morgan fingerprint density at radius 1 is 1.33 bits per heavy atom. The predicted molar refractivity (Wildman–Crippen MR) is 52.9 cm³/mol. The lowest BCUT2D eigenvalue weighted by Gasteiger charge is -2.20. The van der Waals surface area contributed by atoms with E-state index in [4.69, 9.17) is 0 Å². The summed E-state index contributed by atoms with van der Waals surface area (Å²) in [6.07, 6.45) is 1.66. The van der Waals surface area contributed by atoms with E-state index < -0.39 is 8.24 Å². The summed E-state index contributed by atoms with van der Waals surface area (Å²) in [5.41, 5.74) is 0. The van der Waals surface area contributed by atoms with Crippen LogP contribution in [0.15, 0.2) is 6.33 Å². The van der Waals surface area contributed by atoms with Crippen molar-refractivity contribution in [1.82, 2.24) is 14.4 Å². The lowest BCUT2D eigenvalue weighted by atomic mass is 10.2. The van der Waals surface area contributed by atoms with Crippen LogP contribution in [0.5, 0.6) is 0 Å². The molecule has 0 bridgehead atoms. The van der Waals surface area contributed by atoms with Gasteiger partial charge in [-0.25, -0.2) is 4.98 Å². The van der Waals surface area contributed by atoms with Crippen molar-refractivity contribution in [3.05, 3.63) is 12.2 Å². The molecule has 0 fully saturated rings. The summed E-state index contributed by atoms with van der Waals surface area (Å²) >= 11 is 0. The predicted octanol–water partition coefficient (Wildman–Crippen LogP) is 2.08. The molecule has 1 heterocycles.